The van der Waals surface area contributed by atoms with Gasteiger partial charge in [0.1, 0.15) is 6.10 Å². The molecule has 0 heterocycles. The summed E-state index contributed by atoms with van der Waals surface area (Å²) in [6.07, 6.45) is 25.5. The Morgan fingerprint density at radius 1 is 0.733 bits per heavy atom. The summed E-state index contributed by atoms with van der Waals surface area (Å²) in [5.74, 6) is -0.789. The summed E-state index contributed by atoms with van der Waals surface area (Å²) in [6.45, 7) is 4.23. The Morgan fingerprint density at radius 2 is 1.37 bits per heavy atom. The maximum atomic E-state index is 11.9. The monoisotopic (exact) mass is 422 g/mol. The molecule has 4 heteroatoms. The lowest BCUT2D eigenvalue weighted by Gasteiger charge is -2.17. The summed E-state index contributed by atoms with van der Waals surface area (Å²) in [6, 6.07) is 0. The maximum absolute atomic E-state index is 11.9. The summed E-state index contributed by atoms with van der Waals surface area (Å²) >= 11 is 0. The van der Waals surface area contributed by atoms with Crippen molar-refractivity contribution in [3.8, 4) is 0 Å². The van der Waals surface area contributed by atoms with Crippen LogP contribution in [0.5, 0.6) is 0 Å². The molecule has 0 aliphatic carbocycles. The van der Waals surface area contributed by atoms with Crippen LogP contribution in [0.25, 0.3) is 0 Å². The third kappa shape index (κ3) is 21.1. The van der Waals surface area contributed by atoms with Crippen molar-refractivity contribution in [2.45, 2.75) is 129 Å². The average molecular weight is 423 g/mol. The Labute approximate surface area is 185 Å². The summed E-state index contributed by atoms with van der Waals surface area (Å²) in [5, 5.41) is 8.66. The van der Waals surface area contributed by atoms with Crippen LogP contribution in [0.15, 0.2) is 24.3 Å². The smallest absolute Gasteiger partial charge is 0.306 e. The molecule has 1 atom stereocenters. The molecule has 0 amide bonds. The van der Waals surface area contributed by atoms with Gasteiger partial charge >= 0.3 is 11.9 Å². The number of unbranched alkanes of at least 4 members (excludes halogenated alkanes) is 8. The van der Waals surface area contributed by atoms with E-state index in [1.54, 1.807) is 0 Å². The molecule has 0 saturated carbocycles. The van der Waals surface area contributed by atoms with Gasteiger partial charge in [0.15, 0.2) is 0 Å². The number of rotatable bonds is 21. The molecule has 30 heavy (non-hydrogen) atoms. The largest absolute Gasteiger partial charge is 0.481 e. The topological polar surface area (TPSA) is 63.6 Å². The number of carbonyl (C=O) groups excluding carboxylic acids is 1. The van der Waals surface area contributed by atoms with Crippen LogP contribution in [-0.4, -0.2) is 23.1 Å². The fraction of sp³-hybridized carbons (Fsp3) is 0.769. The predicted octanol–water partition coefficient (Wildman–Crippen LogP) is 7.77. The van der Waals surface area contributed by atoms with Crippen molar-refractivity contribution in [2.24, 2.45) is 0 Å². The Kier molecular flexibility index (Phi) is 20.9. The number of carboxylic acid groups (broad SMARTS) is 1. The van der Waals surface area contributed by atoms with Crippen LogP contribution >= 0.6 is 0 Å². The highest BCUT2D eigenvalue weighted by Crippen LogP contribution is 2.16. The quantitative estimate of drug-likeness (QED) is 0.117. The molecule has 0 aliphatic rings. The predicted molar refractivity (Wildman–Crippen MR) is 126 cm³/mol. The van der Waals surface area contributed by atoms with E-state index in [2.05, 4.69) is 31.2 Å². The zero-order valence-electron chi connectivity index (χ0n) is 19.6. The molecule has 0 rings (SSSR count). The molecule has 0 radical (unpaired) electrons. The molecule has 1 unspecified atom stereocenters. The van der Waals surface area contributed by atoms with Crippen LogP contribution in [0.4, 0.5) is 0 Å². The van der Waals surface area contributed by atoms with Gasteiger partial charge in [0, 0.05) is 12.8 Å². The zero-order valence-corrected chi connectivity index (χ0v) is 19.6. The molecule has 0 aliphatic heterocycles. The average Bonchev–Trinajstić information content (AvgIpc) is 2.71. The van der Waals surface area contributed by atoms with Crippen molar-refractivity contribution in [1.29, 1.82) is 0 Å². The van der Waals surface area contributed by atoms with E-state index in [0.717, 1.165) is 70.6 Å². The lowest BCUT2D eigenvalue weighted by atomic mass is 10.0. The van der Waals surface area contributed by atoms with Crippen molar-refractivity contribution in [1.82, 2.24) is 0 Å². The van der Waals surface area contributed by atoms with Crippen molar-refractivity contribution >= 4 is 11.9 Å². The second-order valence-corrected chi connectivity index (χ2v) is 8.17. The van der Waals surface area contributed by atoms with E-state index in [-0.39, 0.29) is 18.5 Å². The van der Waals surface area contributed by atoms with Crippen molar-refractivity contribution in [3.63, 3.8) is 0 Å². The number of aliphatic carboxylic acids is 1. The molecule has 0 spiro atoms. The van der Waals surface area contributed by atoms with Gasteiger partial charge in [-0.25, -0.2) is 0 Å². The van der Waals surface area contributed by atoms with E-state index in [1.807, 2.05) is 6.92 Å². The Morgan fingerprint density at radius 3 is 2.03 bits per heavy atom. The second kappa shape index (κ2) is 22.1. The van der Waals surface area contributed by atoms with Gasteiger partial charge in [-0.05, 0) is 64.2 Å². The minimum atomic E-state index is -0.713. The number of allylic oxidation sites excluding steroid dienone is 4. The summed E-state index contributed by atoms with van der Waals surface area (Å²) < 4.78 is 5.69. The van der Waals surface area contributed by atoms with Crippen LogP contribution < -0.4 is 0 Å². The molecule has 0 saturated heterocycles. The van der Waals surface area contributed by atoms with Gasteiger partial charge in [0.25, 0.3) is 0 Å². The van der Waals surface area contributed by atoms with Gasteiger partial charge in [-0.15, -0.1) is 0 Å². The van der Waals surface area contributed by atoms with E-state index >= 15 is 0 Å². The first-order valence-corrected chi connectivity index (χ1v) is 12.3. The third-order valence-electron chi connectivity index (χ3n) is 5.15. The highest BCUT2D eigenvalue weighted by Gasteiger charge is 2.13. The molecule has 0 aromatic carbocycles. The number of carbonyl (C=O) groups is 2. The van der Waals surface area contributed by atoms with Crippen LogP contribution in [0.3, 0.4) is 0 Å². The lowest BCUT2D eigenvalue weighted by Crippen LogP contribution is -2.18. The van der Waals surface area contributed by atoms with Gasteiger partial charge in [-0.3, -0.25) is 9.59 Å². The number of hydrogen-bond acceptors (Lipinski definition) is 3. The standard InChI is InChI=1S/C26H46O4/c1-3-5-6-7-8-9-10-11-12-14-17-21-24(30-26(29)20-4-2)22-18-15-13-16-19-23-25(27)28/h8-9,11-12,24H,3-7,10,13-23H2,1-2H3,(H,27,28)/b9-8-,12-11-. The van der Waals surface area contributed by atoms with E-state index in [9.17, 15) is 9.59 Å². The van der Waals surface area contributed by atoms with E-state index in [1.165, 1.54) is 25.7 Å². The van der Waals surface area contributed by atoms with Gasteiger partial charge in [-0.1, -0.05) is 70.3 Å². The Balaban J connectivity index is 3.98. The summed E-state index contributed by atoms with van der Waals surface area (Å²) in [7, 11) is 0. The van der Waals surface area contributed by atoms with Crippen LogP contribution in [0, 0.1) is 0 Å². The fourth-order valence-corrected chi connectivity index (χ4v) is 3.37. The highest BCUT2D eigenvalue weighted by atomic mass is 16.5. The molecule has 0 aromatic rings. The first kappa shape index (κ1) is 28.4. The normalized spacial score (nSPS) is 12.6. The Hall–Kier alpha value is -1.58. The van der Waals surface area contributed by atoms with Gasteiger partial charge in [0.05, 0.1) is 0 Å². The maximum Gasteiger partial charge on any atom is 0.306 e. The molecule has 174 valence electrons. The third-order valence-corrected chi connectivity index (χ3v) is 5.15. The molecular formula is C26H46O4. The van der Waals surface area contributed by atoms with E-state index in [4.69, 9.17) is 9.84 Å². The minimum Gasteiger partial charge on any atom is -0.481 e. The SMILES string of the molecule is CCCCC/C=C\C/C=C\CCCC(CCCCCCCC(=O)O)OC(=O)CCC. The van der Waals surface area contributed by atoms with Crippen molar-refractivity contribution in [3.05, 3.63) is 24.3 Å². The van der Waals surface area contributed by atoms with Crippen LogP contribution in [0.1, 0.15) is 123 Å². The van der Waals surface area contributed by atoms with Gasteiger partial charge in [0.2, 0.25) is 0 Å². The number of ether oxygens (including phenoxy) is 1. The molecule has 0 aromatic heterocycles. The zero-order chi connectivity index (χ0) is 22.3. The van der Waals surface area contributed by atoms with Gasteiger partial charge in [-0.2, -0.15) is 0 Å². The lowest BCUT2D eigenvalue weighted by molar-refractivity contribution is -0.149. The molecule has 4 nitrogen and oxygen atoms in total. The molecular weight excluding hydrogens is 376 g/mol. The summed E-state index contributed by atoms with van der Waals surface area (Å²) in [4.78, 5) is 22.4. The first-order chi connectivity index (χ1) is 14.6. The molecule has 0 bridgehead atoms. The fourth-order valence-electron chi connectivity index (χ4n) is 3.37. The molecule has 1 N–H and O–H groups in total. The van der Waals surface area contributed by atoms with Crippen LogP contribution in [0.2, 0.25) is 0 Å². The van der Waals surface area contributed by atoms with E-state index < -0.39 is 5.97 Å². The molecule has 0 fully saturated rings. The second-order valence-electron chi connectivity index (χ2n) is 8.17. The highest BCUT2D eigenvalue weighted by molar-refractivity contribution is 5.69. The first-order valence-electron chi connectivity index (χ1n) is 12.3. The van der Waals surface area contributed by atoms with Crippen LogP contribution in [-0.2, 0) is 14.3 Å². The minimum absolute atomic E-state index is 0.0231. The van der Waals surface area contributed by atoms with Crippen molar-refractivity contribution < 1.29 is 19.4 Å². The summed E-state index contributed by atoms with van der Waals surface area (Å²) in [5.41, 5.74) is 0. The number of esters is 1. The van der Waals surface area contributed by atoms with Crippen molar-refractivity contribution in [2.75, 3.05) is 0 Å². The van der Waals surface area contributed by atoms with E-state index in [0.29, 0.717) is 6.42 Å². The Bertz CT molecular complexity index is 468. The van der Waals surface area contributed by atoms with Gasteiger partial charge < -0.3 is 9.84 Å². The number of hydrogen-bond donors (Lipinski definition) is 1. The number of carboxylic acids is 1.